The minimum absolute atomic E-state index is 0.255. The highest BCUT2D eigenvalue weighted by atomic mass is 79.9. The van der Waals surface area contributed by atoms with Gasteiger partial charge in [-0.25, -0.2) is 9.78 Å². The molecule has 0 spiro atoms. The summed E-state index contributed by atoms with van der Waals surface area (Å²) >= 11 is 3.31. The Morgan fingerprint density at radius 2 is 1.87 bits per heavy atom. The van der Waals surface area contributed by atoms with Crippen LogP contribution < -0.4 is 5.56 Å². The maximum Gasteiger partial charge on any atom is 0.339 e. The molecule has 2 aromatic carbocycles. The summed E-state index contributed by atoms with van der Waals surface area (Å²) in [7, 11) is 0. The topological polar surface area (TPSA) is 72.0 Å². The Labute approximate surface area is 140 Å². The van der Waals surface area contributed by atoms with Gasteiger partial charge in [0.25, 0.3) is 5.56 Å². The fourth-order valence-electron chi connectivity index (χ4n) is 2.20. The number of para-hydroxylation sites is 1. The van der Waals surface area contributed by atoms with Crippen LogP contribution in [0.3, 0.4) is 0 Å². The van der Waals surface area contributed by atoms with E-state index in [9.17, 15) is 9.59 Å². The molecule has 0 aliphatic rings. The Morgan fingerprint density at radius 1 is 1.17 bits per heavy atom. The first-order valence-electron chi connectivity index (χ1n) is 7.00. The predicted molar refractivity (Wildman–Crippen MR) is 90.3 cm³/mol. The number of aromatic nitrogens is 2. The molecule has 23 heavy (non-hydrogen) atoms. The summed E-state index contributed by atoms with van der Waals surface area (Å²) < 4.78 is 6.06. The maximum atomic E-state index is 12.2. The zero-order valence-electron chi connectivity index (χ0n) is 12.2. The van der Waals surface area contributed by atoms with Crippen molar-refractivity contribution in [1.82, 2.24) is 9.97 Å². The fourth-order valence-corrected chi connectivity index (χ4v) is 2.65. The van der Waals surface area contributed by atoms with Crippen LogP contribution in [0.2, 0.25) is 0 Å². The second kappa shape index (κ2) is 6.34. The fraction of sp³-hybridized carbons (Fsp3) is 0.118. The van der Waals surface area contributed by atoms with Gasteiger partial charge in [-0.05, 0) is 47.1 Å². The number of carbonyl (C=O) groups excluding carboxylic acids is 1. The van der Waals surface area contributed by atoms with Crippen LogP contribution in [-0.2, 0) is 4.74 Å². The van der Waals surface area contributed by atoms with Gasteiger partial charge in [0.2, 0.25) is 0 Å². The first kappa shape index (κ1) is 15.4. The van der Waals surface area contributed by atoms with Crippen LogP contribution >= 0.6 is 15.9 Å². The monoisotopic (exact) mass is 372 g/mol. The van der Waals surface area contributed by atoms with Crippen molar-refractivity contribution >= 4 is 32.8 Å². The van der Waals surface area contributed by atoms with Crippen molar-refractivity contribution in [2.24, 2.45) is 0 Å². The van der Waals surface area contributed by atoms with Gasteiger partial charge in [0.05, 0.1) is 16.5 Å². The maximum absolute atomic E-state index is 12.2. The number of H-pyrrole nitrogens is 1. The van der Waals surface area contributed by atoms with E-state index in [-0.39, 0.29) is 5.56 Å². The Balaban J connectivity index is 1.89. The number of nitrogens with one attached hydrogen (secondary N) is 1. The van der Waals surface area contributed by atoms with Gasteiger partial charge in [-0.1, -0.05) is 24.3 Å². The van der Waals surface area contributed by atoms with Crippen molar-refractivity contribution in [3.63, 3.8) is 0 Å². The lowest BCUT2D eigenvalue weighted by molar-refractivity contribution is 0.0319. The summed E-state index contributed by atoms with van der Waals surface area (Å²) in [5.74, 6) is -0.171. The van der Waals surface area contributed by atoms with E-state index in [1.807, 2.05) is 6.07 Å². The molecule has 0 fully saturated rings. The van der Waals surface area contributed by atoms with Crippen molar-refractivity contribution in [1.29, 1.82) is 0 Å². The molecule has 5 nitrogen and oxygen atoms in total. The van der Waals surface area contributed by atoms with E-state index in [1.165, 1.54) is 0 Å². The molecule has 3 rings (SSSR count). The van der Waals surface area contributed by atoms with E-state index < -0.39 is 12.1 Å². The van der Waals surface area contributed by atoms with Gasteiger partial charge in [-0.3, -0.25) is 4.79 Å². The highest BCUT2D eigenvalue weighted by molar-refractivity contribution is 9.10. The Bertz CT molecular complexity index is 936. The van der Waals surface area contributed by atoms with Gasteiger partial charge in [-0.15, -0.1) is 0 Å². The normalized spacial score (nSPS) is 12.1. The minimum Gasteiger partial charge on any atom is -0.451 e. The third kappa shape index (κ3) is 3.17. The molecule has 6 heteroatoms. The van der Waals surface area contributed by atoms with Crippen LogP contribution in [0, 0.1) is 0 Å². The van der Waals surface area contributed by atoms with Crippen LogP contribution in [0.5, 0.6) is 0 Å². The van der Waals surface area contributed by atoms with Gasteiger partial charge in [0.15, 0.2) is 11.9 Å². The summed E-state index contributed by atoms with van der Waals surface area (Å²) in [5.41, 5.74) is 0.729. The molecule has 0 aliphatic heterocycles. The quantitative estimate of drug-likeness (QED) is 0.712. The SMILES string of the molecule is C[C@@H](OC(=O)c1ccccc1Br)c1nc2ccccc2c(=O)[nH]1. The number of ether oxygens (including phenoxy) is 1. The molecular formula is C17H13BrN2O3. The van der Waals surface area contributed by atoms with Crippen LogP contribution in [0.15, 0.2) is 57.8 Å². The lowest BCUT2D eigenvalue weighted by atomic mass is 10.2. The largest absolute Gasteiger partial charge is 0.451 e. The van der Waals surface area contributed by atoms with E-state index in [4.69, 9.17) is 4.74 Å². The second-order valence-corrected chi connectivity index (χ2v) is 5.85. The molecule has 3 aromatic rings. The number of aromatic amines is 1. The number of hydrogen-bond donors (Lipinski definition) is 1. The van der Waals surface area contributed by atoms with Crippen LogP contribution in [-0.4, -0.2) is 15.9 Å². The van der Waals surface area contributed by atoms with Crippen molar-refractivity contribution in [3.8, 4) is 0 Å². The molecule has 0 bridgehead atoms. The van der Waals surface area contributed by atoms with Gasteiger partial charge >= 0.3 is 5.97 Å². The minimum atomic E-state index is -0.674. The van der Waals surface area contributed by atoms with Gasteiger partial charge in [0.1, 0.15) is 0 Å². The Morgan fingerprint density at radius 3 is 2.65 bits per heavy atom. The average molecular weight is 373 g/mol. The molecule has 0 radical (unpaired) electrons. The van der Waals surface area contributed by atoms with E-state index in [0.717, 1.165) is 0 Å². The summed E-state index contributed by atoms with van der Waals surface area (Å²) in [5, 5.41) is 0.501. The molecule has 1 aromatic heterocycles. The number of fused-ring (bicyclic) bond motifs is 1. The molecule has 0 unspecified atom stereocenters. The summed E-state index contributed by atoms with van der Waals surface area (Å²) in [6.07, 6.45) is -0.674. The van der Waals surface area contributed by atoms with Crippen molar-refractivity contribution in [2.45, 2.75) is 13.0 Å². The molecule has 116 valence electrons. The summed E-state index contributed by atoms with van der Waals surface area (Å²) in [4.78, 5) is 31.3. The van der Waals surface area contributed by atoms with Gasteiger partial charge in [-0.2, -0.15) is 0 Å². The lowest BCUT2D eigenvalue weighted by Gasteiger charge is -2.13. The van der Waals surface area contributed by atoms with E-state index >= 15 is 0 Å². The molecule has 1 atom stereocenters. The van der Waals surface area contributed by atoms with E-state index in [1.54, 1.807) is 49.4 Å². The standard InChI is InChI=1S/C17H13BrN2O3/c1-10(23-17(22)11-6-2-4-8-13(11)18)15-19-14-9-5-3-7-12(14)16(21)20-15/h2-10H,1H3,(H,19,20,21)/t10-/m1/s1. The first-order valence-corrected chi connectivity index (χ1v) is 7.80. The number of carbonyl (C=O) groups is 1. The van der Waals surface area contributed by atoms with Gasteiger partial charge < -0.3 is 9.72 Å². The Hall–Kier alpha value is -2.47. The number of nitrogens with zero attached hydrogens (tertiary/aromatic N) is 1. The zero-order valence-corrected chi connectivity index (χ0v) is 13.8. The van der Waals surface area contributed by atoms with Crippen LogP contribution in [0.25, 0.3) is 10.9 Å². The predicted octanol–water partition coefficient (Wildman–Crippen LogP) is 3.60. The smallest absolute Gasteiger partial charge is 0.339 e. The number of esters is 1. The van der Waals surface area contributed by atoms with Crippen molar-refractivity contribution in [2.75, 3.05) is 0 Å². The molecule has 0 saturated carbocycles. The third-order valence-corrected chi connectivity index (χ3v) is 4.09. The van der Waals surface area contributed by atoms with Crippen molar-refractivity contribution < 1.29 is 9.53 Å². The number of rotatable bonds is 3. The highest BCUT2D eigenvalue weighted by Crippen LogP contribution is 2.21. The molecule has 0 amide bonds. The van der Waals surface area contributed by atoms with Crippen LogP contribution in [0.4, 0.5) is 0 Å². The summed E-state index contributed by atoms with van der Waals surface area (Å²) in [6.45, 7) is 1.67. The molecular weight excluding hydrogens is 360 g/mol. The molecule has 1 N–H and O–H groups in total. The highest BCUT2D eigenvalue weighted by Gasteiger charge is 2.18. The van der Waals surface area contributed by atoms with E-state index in [0.29, 0.717) is 26.8 Å². The molecule has 0 aliphatic carbocycles. The van der Waals surface area contributed by atoms with Crippen molar-refractivity contribution in [3.05, 3.63) is 74.7 Å². The number of benzene rings is 2. The summed E-state index contributed by atoms with van der Waals surface area (Å²) in [6, 6.07) is 14.0. The Kier molecular flexibility index (Phi) is 4.25. The zero-order chi connectivity index (χ0) is 16.4. The number of halogens is 1. The van der Waals surface area contributed by atoms with Gasteiger partial charge in [0, 0.05) is 4.47 Å². The first-order chi connectivity index (χ1) is 11.1. The third-order valence-electron chi connectivity index (χ3n) is 3.39. The molecule has 0 saturated heterocycles. The molecule has 1 heterocycles. The second-order valence-electron chi connectivity index (χ2n) is 5.00. The number of hydrogen-bond acceptors (Lipinski definition) is 4. The van der Waals surface area contributed by atoms with Crippen LogP contribution in [0.1, 0.15) is 29.2 Å². The average Bonchev–Trinajstić information content (AvgIpc) is 2.55. The lowest BCUT2D eigenvalue weighted by Crippen LogP contribution is -2.17. The van der Waals surface area contributed by atoms with E-state index in [2.05, 4.69) is 25.9 Å².